The molecule has 3 fully saturated rings. The van der Waals surface area contributed by atoms with Crippen LogP contribution in [0.5, 0.6) is 0 Å². The number of ether oxygens (including phenoxy) is 1. The third-order valence-electron chi connectivity index (χ3n) is 6.45. The predicted molar refractivity (Wildman–Crippen MR) is 110 cm³/mol. The average Bonchev–Trinajstić information content (AvgIpc) is 2.72. The molecule has 0 spiro atoms. The van der Waals surface area contributed by atoms with Crippen LogP contribution < -0.4 is 0 Å². The first-order valence-corrected chi connectivity index (χ1v) is 10.9. The smallest absolute Gasteiger partial charge is 0.410 e. The maximum atomic E-state index is 12.7. The number of nitrogens with zero attached hydrogens (tertiary/aromatic N) is 4. The Morgan fingerprint density at radius 1 is 0.862 bits per heavy atom. The highest BCUT2D eigenvalue weighted by atomic mass is 16.6. The molecule has 2 heterocycles. The predicted octanol–water partition coefficient (Wildman–Crippen LogP) is 1.64. The van der Waals surface area contributed by atoms with E-state index in [-0.39, 0.29) is 12.0 Å². The Labute approximate surface area is 173 Å². The molecule has 2 amide bonds. The van der Waals surface area contributed by atoms with Gasteiger partial charge >= 0.3 is 6.09 Å². The lowest BCUT2D eigenvalue weighted by Crippen LogP contribution is -2.56. The van der Waals surface area contributed by atoms with Gasteiger partial charge in [0.2, 0.25) is 5.91 Å². The molecule has 1 aromatic carbocycles. The van der Waals surface area contributed by atoms with E-state index in [2.05, 4.69) is 9.80 Å². The van der Waals surface area contributed by atoms with E-state index in [1.807, 2.05) is 35.2 Å². The molecule has 0 atom stereocenters. The zero-order valence-electron chi connectivity index (χ0n) is 17.2. The minimum atomic E-state index is -0.271. The SMILES string of the molecule is O=C(CN1CCN(C(=O)OCc2ccccc2)CC1)N1CCN(C2CCC2)CC1. The second-order valence-electron chi connectivity index (χ2n) is 8.30. The first-order valence-electron chi connectivity index (χ1n) is 10.9. The van der Waals surface area contributed by atoms with Crippen LogP contribution in [0.1, 0.15) is 24.8 Å². The summed E-state index contributed by atoms with van der Waals surface area (Å²) in [7, 11) is 0. The van der Waals surface area contributed by atoms with Gasteiger partial charge in [-0.1, -0.05) is 36.8 Å². The van der Waals surface area contributed by atoms with Gasteiger partial charge in [-0.15, -0.1) is 0 Å². The fraction of sp³-hybridized carbons (Fsp3) is 0.636. The molecular weight excluding hydrogens is 368 g/mol. The molecule has 7 nitrogen and oxygen atoms in total. The van der Waals surface area contributed by atoms with Crippen LogP contribution in [-0.4, -0.2) is 96.5 Å². The zero-order chi connectivity index (χ0) is 20.1. The van der Waals surface area contributed by atoms with Crippen molar-refractivity contribution in [3.63, 3.8) is 0 Å². The van der Waals surface area contributed by atoms with Gasteiger partial charge in [0.25, 0.3) is 0 Å². The van der Waals surface area contributed by atoms with Crippen LogP contribution in [0, 0.1) is 0 Å². The van der Waals surface area contributed by atoms with Crippen LogP contribution in [0.3, 0.4) is 0 Å². The number of carbonyl (C=O) groups excluding carboxylic acids is 2. The van der Waals surface area contributed by atoms with Crippen molar-refractivity contribution >= 4 is 12.0 Å². The van der Waals surface area contributed by atoms with Crippen molar-refractivity contribution in [3.8, 4) is 0 Å². The number of benzene rings is 1. The minimum Gasteiger partial charge on any atom is -0.445 e. The summed E-state index contributed by atoms with van der Waals surface area (Å²) in [5, 5.41) is 0. The second kappa shape index (κ2) is 9.59. The van der Waals surface area contributed by atoms with Gasteiger partial charge in [-0.25, -0.2) is 4.79 Å². The summed E-state index contributed by atoms with van der Waals surface area (Å²) >= 11 is 0. The molecule has 0 bridgehead atoms. The number of hydrogen-bond acceptors (Lipinski definition) is 5. The van der Waals surface area contributed by atoms with E-state index < -0.39 is 0 Å². The van der Waals surface area contributed by atoms with Crippen LogP contribution in [0.4, 0.5) is 4.79 Å². The van der Waals surface area contributed by atoms with E-state index in [9.17, 15) is 9.59 Å². The largest absolute Gasteiger partial charge is 0.445 e. The Hall–Kier alpha value is -2.12. The van der Waals surface area contributed by atoms with Crippen molar-refractivity contribution in [1.82, 2.24) is 19.6 Å². The molecule has 1 aliphatic carbocycles. The molecule has 3 aliphatic rings. The molecule has 158 valence electrons. The van der Waals surface area contributed by atoms with E-state index in [4.69, 9.17) is 4.74 Å². The van der Waals surface area contributed by atoms with E-state index in [1.165, 1.54) is 19.3 Å². The first kappa shape index (κ1) is 20.2. The highest BCUT2D eigenvalue weighted by molar-refractivity contribution is 5.78. The quantitative estimate of drug-likeness (QED) is 0.752. The van der Waals surface area contributed by atoms with Crippen LogP contribution in [-0.2, 0) is 16.1 Å². The second-order valence-corrected chi connectivity index (χ2v) is 8.30. The average molecular weight is 401 g/mol. The summed E-state index contributed by atoms with van der Waals surface area (Å²) in [5.74, 6) is 0.221. The van der Waals surface area contributed by atoms with Gasteiger partial charge in [-0.05, 0) is 18.4 Å². The van der Waals surface area contributed by atoms with Crippen LogP contribution in [0.15, 0.2) is 30.3 Å². The zero-order valence-corrected chi connectivity index (χ0v) is 17.2. The molecule has 29 heavy (non-hydrogen) atoms. The minimum absolute atomic E-state index is 0.221. The Kier molecular flexibility index (Phi) is 6.67. The van der Waals surface area contributed by atoms with Gasteiger partial charge in [0.15, 0.2) is 0 Å². The third-order valence-corrected chi connectivity index (χ3v) is 6.45. The summed E-state index contributed by atoms with van der Waals surface area (Å²) in [6.07, 6.45) is 3.74. The molecule has 2 aliphatic heterocycles. The van der Waals surface area contributed by atoms with Crippen LogP contribution in [0.25, 0.3) is 0 Å². The molecule has 0 N–H and O–H groups in total. The van der Waals surface area contributed by atoms with Gasteiger partial charge in [0.05, 0.1) is 6.54 Å². The standard InChI is InChI=1S/C22H32N4O3/c27-21(25-15-13-24(14-16-25)20-7-4-8-20)17-23-9-11-26(12-10-23)22(28)29-18-19-5-2-1-3-6-19/h1-3,5-6,20H,4,7-18H2. The number of carbonyl (C=O) groups is 2. The topological polar surface area (TPSA) is 56.3 Å². The summed E-state index contributed by atoms with van der Waals surface area (Å²) in [5.41, 5.74) is 0.988. The molecule has 0 aromatic heterocycles. The molecule has 1 saturated carbocycles. The van der Waals surface area contributed by atoms with Crippen molar-refractivity contribution < 1.29 is 14.3 Å². The van der Waals surface area contributed by atoms with Crippen molar-refractivity contribution in [2.45, 2.75) is 31.9 Å². The summed E-state index contributed by atoms with van der Waals surface area (Å²) in [6, 6.07) is 10.5. The van der Waals surface area contributed by atoms with Crippen molar-refractivity contribution in [2.75, 3.05) is 58.9 Å². The molecule has 1 aromatic rings. The fourth-order valence-corrected chi connectivity index (χ4v) is 4.28. The van der Waals surface area contributed by atoms with E-state index in [0.29, 0.717) is 39.3 Å². The molecule has 0 unspecified atom stereocenters. The monoisotopic (exact) mass is 400 g/mol. The first-order chi connectivity index (χ1) is 14.2. The molecular formula is C22H32N4O3. The van der Waals surface area contributed by atoms with E-state index in [0.717, 1.165) is 37.8 Å². The Balaban J connectivity index is 1.14. The van der Waals surface area contributed by atoms with Gasteiger partial charge in [-0.2, -0.15) is 0 Å². The lowest BCUT2D eigenvalue weighted by atomic mass is 9.91. The van der Waals surface area contributed by atoms with Gasteiger partial charge < -0.3 is 14.5 Å². The molecule has 0 radical (unpaired) electrons. The fourth-order valence-electron chi connectivity index (χ4n) is 4.28. The maximum absolute atomic E-state index is 12.7. The normalized spacial score (nSPS) is 21.7. The summed E-state index contributed by atoms with van der Waals surface area (Å²) in [6.45, 7) is 7.12. The number of rotatable bonds is 5. The van der Waals surface area contributed by atoms with E-state index in [1.54, 1.807) is 4.90 Å². The Bertz CT molecular complexity index is 679. The lowest BCUT2D eigenvalue weighted by Gasteiger charge is -2.43. The third kappa shape index (κ3) is 5.28. The number of amides is 2. The van der Waals surface area contributed by atoms with Gasteiger partial charge in [0, 0.05) is 58.4 Å². The highest BCUT2D eigenvalue weighted by Crippen LogP contribution is 2.25. The van der Waals surface area contributed by atoms with Crippen LogP contribution in [0.2, 0.25) is 0 Å². The Morgan fingerprint density at radius 2 is 1.52 bits per heavy atom. The molecule has 2 saturated heterocycles. The number of hydrogen-bond donors (Lipinski definition) is 0. The Morgan fingerprint density at radius 3 is 2.14 bits per heavy atom. The van der Waals surface area contributed by atoms with Crippen LogP contribution >= 0.6 is 0 Å². The van der Waals surface area contributed by atoms with Gasteiger partial charge in [0.1, 0.15) is 6.61 Å². The van der Waals surface area contributed by atoms with Crippen molar-refractivity contribution in [3.05, 3.63) is 35.9 Å². The lowest BCUT2D eigenvalue weighted by molar-refractivity contribution is -0.135. The van der Waals surface area contributed by atoms with Gasteiger partial charge in [-0.3, -0.25) is 14.6 Å². The maximum Gasteiger partial charge on any atom is 0.410 e. The van der Waals surface area contributed by atoms with E-state index >= 15 is 0 Å². The molecule has 4 rings (SSSR count). The van der Waals surface area contributed by atoms with Crippen molar-refractivity contribution in [2.24, 2.45) is 0 Å². The van der Waals surface area contributed by atoms with Crippen molar-refractivity contribution in [1.29, 1.82) is 0 Å². The number of piperazine rings is 2. The molecule has 7 heteroatoms. The summed E-state index contributed by atoms with van der Waals surface area (Å²) in [4.78, 5) is 33.4. The summed E-state index contributed by atoms with van der Waals surface area (Å²) < 4.78 is 5.41. The highest BCUT2D eigenvalue weighted by Gasteiger charge is 2.30.